The summed E-state index contributed by atoms with van der Waals surface area (Å²) in [6.45, 7) is 9.71. The van der Waals surface area contributed by atoms with Crippen molar-refractivity contribution in [1.29, 1.82) is 0 Å². The molecule has 0 bridgehead atoms. The molecule has 0 aliphatic carbocycles. The topological polar surface area (TPSA) is 26.3 Å². The SMILES string of the molecule is C=C(C)C(=O)O[Si](CCC)(CCC)c1ccccc1. The summed E-state index contributed by atoms with van der Waals surface area (Å²) in [5, 5.41) is 1.22. The van der Waals surface area contributed by atoms with Crippen LogP contribution in [-0.4, -0.2) is 14.3 Å². The summed E-state index contributed by atoms with van der Waals surface area (Å²) in [4.78, 5) is 12.0. The van der Waals surface area contributed by atoms with E-state index in [1.165, 1.54) is 5.19 Å². The molecule has 0 heterocycles. The van der Waals surface area contributed by atoms with Gasteiger partial charge < -0.3 is 4.43 Å². The first-order valence-corrected chi connectivity index (χ1v) is 9.32. The van der Waals surface area contributed by atoms with E-state index in [1.807, 2.05) is 18.2 Å². The Morgan fingerprint density at radius 3 is 2.11 bits per heavy atom. The lowest BCUT2D eigenvalue weighted by molar-refractivity contribution is -0.130. The minimum absolute atomic E-state index is 0.239. The van der Waals surface area contributed by atoms with Crippen molar-refractivity contribution < 1.29 is 9.22 Å². The minimum atomic E-state index is -2.21. The normalized spacial score (nSPS) is 11.1. The van der Waals surface area contributed by atoms with Gasteiger partial charge >= 0.3 is 5.97 Å². The molecule has 0 saturated heterocycles. The van der Waals surface area contributed by atoms with Crippen LogP contribution in [0.15, 0.2) is 42.5 Å². The molecular weight excluding hydrogens is 252 g/mol. The zero-order valence-corrected chi connectivity index (χ0v) is 13.2. The summed E-state index contributed by atoms with van der Waals surface area (Å²) in [6, 6.07) is 12.2. The third-order valence-corrected chi connectivity index (χ3v) is 7.82. The number of carbonyl (C=O) groups excluding carboxylic acids is 1. The molecule has 1 rings (SSSR count). The van der Waals surface area contributed by atoms with Crippen LogP contribution in [-0.2, 0) is 9.22 Å². The van der Waals surface area contributed by atoms with Crippen LogP contribution in [0.25, 0.3) is 0 Å². The van der Waals surface area contributed by atoms with Gasteiger partial charge in [0.05, 0.1) is 0 Å². The van der Waals surface area contributed by atoms with Crippen LogP contribution in [0.2, 0.25) is 12.1 Å². The Balaban J connectivity index is 3.13. The van der Waals surface area contributed by atoms with Crippen LogP contribution in [0, 0.1) is 0 Å². The molecule has 2 nitrogen and oxygen atoms in total. The molecule has 0 atom stereocenters. The first-order chi connectivity index (χ1) is 9.05. The summed E-state index contributed by atoms with van der Waals surface area (Å²) in [5.74, 6) is -0.239. The third-order valence-electron chi connectivity index (χ3n) is 3.24. The molecule has 1 aromatic rings. The van der Waals surface area contributed by atoms with Gasteiger partial charge in [-0.05, 0) is 24.2 Å². The number of hydrogen-bond donors (Lipinski definition) is 0. The van der Waals surface area contributed by atoms with Gasteiger partial charge in [0.15, 0.2) is 0 Å². The fourth-order valence-electron chi connectivity index (χ4n) is 2.39. The van der Waals surface area contributed by atoms with Crippen LogP contribution in [0.5, 0.6) is 0 Å². The van der Waals surface area contributed by atoms with E-state index >= 15 is 0 Å². The van der Waals surface area contributed by atoms with Crippen molar-refractivity contribution in [2.24, 2.45) is 0 Å². The Labute approximate surface area is 117 Å². The van der Waals surface area contributed by atoms with E-state index in [1.54, 1.807) is 6.92 Å². The highest BCUT2D eigenvalue weighted by molar-refractivity contribution is 6.87. The highest BCUT2D eigenvalue weighted by Crippen LogP contribution is 2.22. The molecule has 0 fully saturated rings. The predicted octanol–water partition coefficient (Wildman–Crippen LogP) is 3.78. The Hall–Kier alpha value is -1.35. The zero-order chi connectivity index (χ0) is 14.3. The van der Waals surface area contributed by atoms with Crippen LogP contribution in [0.1, 0.15) is 33.6 Å². The predicted molar refractivity (Wildman–Crippen MR) is 82.9 cm³/mol. The van der Waals surface area contributed by atoms with Gasteiger partial charge in [0.1, 0.15) is 0 Å². The lowest BCUT2D eigenvalue weighted by Gasteiger charge is -2.31. The van der Waals surface area contributed by atoms with Gasteiger partial charge in [-0.15, -0.1) is 0 Å². The van der Waals surface area contributed by atoms with Crippen LogP contribution in [0.4, 0.5) is 0 Å². The first kappa shape index (κ1) is 15.7. The average molecular weight is 276 g/mol. The second kappa shape index (κ2) is 7.29. The highest BCUT2D eigenvalue weighted by Gasteiger charge is 2.39. The molecule has 3 heteroatoms. The molecule has 0 spiro atoms. The summed E-state index contributed by atoms with van der Waals surface area (Å²) < 4.78 is 5.97. The Morgan fingerprint density at radius 1 is 1.16 bits per heavy atom. The van der Waals surface area contributed by atoms with Crippen LogP contribution >= 0.6 is 0 Å². The molecule has 0 saturated carbocycles. The van der Waals surface area contributed by atoms with Crippen molar-refractivity contribution in [1.82, 2.24) is 0 Å². The first-order valence-electron chi connectivity index (χ1n) is 7.00. The fraction of sp³-hybridized carbons (Fsp3) is 0.438. The highest BCUT2D eigenvalue weighted by atomic mass is 28.4. The molecule has 0 aliphatic rings. The van der Waals surface area contributed by atoms with E-state index in [2.05, 4.69) is 32.6 Å². The second-order valence-electron chi connectivity index (χ2n) is 5.03. The molecule has 0 aromatic heterocycles. The van der Waals surface area contributed by atoms with Gasteiger partial charge in [0, 0.05) is 5.57 Å². The largest absolute Gasteiger partial charge is 0.511 e. The van der Waals surface area contributed by atoms with Gasteiger partial charge in [-0.2, -0.15) is 0 Å². The minimum Gasteiger partial charge on any atom is -0.511 e. The van der Waals surface area contributed by atoms with Crippen molar-refractivity contribution >= 4 is 19.5 Å². The third kappa shape index (κ3) is 4.06. The van der Waals surface area contributed by atoms with Crippen molar-refractivity contribution in [3.63, 3.8) is 0 Å². The van der Waals surface area contributed by atoms with Gasteiger partial charge in [-0.3, -0.25) is 0 Å². The molecule has 0 aliphatic heterocycles. The van der Waals surface area contributed by atoms with Crippen molar-refractivity contribution in [3.8, 4) is 0 Å². The van der Waals surface area contributed by atoms with E-state index in [4.69, 9.17) is 4.43 Å². The van der Waals surface area contributed by atoms with E-state index in [-0.39, 0.29) is 5.97 Å². The van der Waals surface area contributed by atoms with E-state index < -0.39 is 8.32 Å². The molecule has 0 amide bonds. The van der Waals surface area contributed by atoms with Crippen LogP contribution in [0.3, 0.4) is 0 Å². The maximum atomic E-state index is 12.0. The fourth-order valence-corrected chi connectivity index (χ4v) is 6.48. The summed E-state index contributed by atoms with van der Waals surface area (Å²) in [7, 11) is -2.21. The van der Waals surface area contributed by atoms with Crippen molar-refractivity contribution in [2.75, 3.05) is 0 Å². The van der Waals surface area contributed by atoms with Crippen molar-refractivity contribution in [2.45, 2.75) is 45.7 Å². The molecular formula is C16H24O2Si. The van der Waals surface area contributed by atoms with E-state index in [0.717, 1.165) is 24.9 Å². The molecule has 19 heavy (non-hydrogen) atoms. The molecule has 0 unspecified atom stereocenters. The number of carbonyl (C=O) groups is 1. The monoisotopic (exact) mass is 276 g/mol. The van der Waals surface area contributed by atoms with Crippen LogP contribution < -0.4 is 5.19 Å². The standard InChI is InChI=1S/C16H24O2Si/c1-5-12-19(13-6-2,18-16(17)14(3)4)15-10-8-7-9-11-15/h7-11H,3,5-6,12-13H2,1-2,4H3. The zero-order valence-electron chi connectivity index (χ0n) is 12.2. The summed E-state index contributed by atoms with van der Waals surface area (Å²) in [5.41, 5.74) is 0.486. The Bertz CT molecular complexity index is 420. The van der Waals surface area contributed by atoms with Gasteiger partial charge in [-0.25, -0.2) is 4.79 Å². The Kier molecular flexibility index (Phi) is 6.02. The van der Waals surface area contributed by atoms with E-state index in [9.17, 15) is 4.79 Å². The second-order valence-corrected chi connectivity index (χ2v) is 8.80. The van der Waals surface area contributed by atoms with E-state index in [0.29, 0.717) is 5.57 Å². The molecule has 0 N–H and O–H groups in total. The maximum Gasteiger partial charge on any atom is 0.320 e. The van der Waals surface area contributed by atoms with Gasteiger partial charge in [0.25, 0.3) is 8.32 Å². The summed E-state index contributed by atoms with van der Waals surface area (Å²) >= 11 is 0. The molecule has 0 radical (unpaired) electrons. The van der Waals surface area contributed by atoms with Gasteiger partial charge in [0.2, 0.25) is 0 Å². The summed E-state index contributed by atoms with van der Waals surface area (Å²) in [6.07, 6.45) is 2.06. The molecule has 1 aromatic carbocycles. The lowest BCUT2D eigenvalue weighted by Crippen LogP contribution is -2.52. The molecule has 104 valence electrons. The Morgan fingerprint density at radius 2 is 1.68 bits per heavy atom. The lowest BCUT2D eigenvalue weighted by atomic mass is 10.4. The van der Waals surface area contributed by atoms with Crippen molar-refractivity contribution in [3.05, 3.63) is 42.5 Å². The number of hydrogen-bond acceptors (Lipinski definition) is 2. The maximum absolute atomic E-state index is 12.0. The smallest absolute Gasteiger partial charge is 0.320 e. The number of rotatable bonds is 7. The number of benzene rings is 1. The average Bonchev–Trinajstić information content (AvgIpc) is 2.40. The quantitative estimate of drug-likeness (QED) is 0.559. The van der Waals surface area contributed by atoms with Gasteiger partial charge in [-0.1, -0.05) is 63.6 Å².